The number of hydrogen-bond acceptors (Lipinski definition) is 6. The van der Waals surface area contributed by atoms with Gasteiger partial charge in [0.25, 0.3) is 0 Å². The number of nitrogens with zero attached hydrogens (tertiary/aromatic N) is 4. The number of nitriles is 1. The summed E-state index contributed by atoms with van der Waals surface area (Å²) in [6.07, 6.45) is 1.27. The van der Waals surface area contributed by atoms with Gasteiger partial charge in [0.15, 0.2) is 17.5 Å². The molecule has 0 radical (unpaired) electrons. The van der Waals surface area contributed by atoms with E-state index in [1.807, 2.05) is 54.6 Å². The summed E-state index contributed by atoms with van der Waals surface area (Å²) < 4.78 is 13.3. The Morgan fingerprint density at radius 2 is 1.91 bits per heavy atom. The van der Waals surface area contributed by atoms with E-state index < -0.39 is 0 Å². The number of guanidine groups is 1. The second-order valence-corrected chi connectivity index (χ2v) is 7.55. The zero-order chi connectivity index (χ0) is 23.0. The van der Waals surface area contributed by atoms with Gasteiger partial charge in [0.2, 0.25) is 0 Å². The second kappa shape index (κ2) is 12.1. The highest BCUT2D eigenvalue weighted by molar-refractivity contribution is 14.0. The quantitative estimate of drug-likeness (QED) is 0.172. The van der Waals surface area contributed by atoms with Crippen molar-refractivity contribution in [2.75, 3.05) is 32.5 Å². The Kier molecular flexibility index (Phi) is 8.98. The van der Waals surface area contributed by atoms with Gasteiger partial charge in [-0.3, -0.25) is 4.99 Å². The molecule has 1 aliphatic heterocycles. The van der Waals surface area contributed by atoms with E-state index in [0.717, 1.165) is 23.6 Å². The minimum atomic E-state index is -0.110. The molecule has 4 rings (SSSR count). The van der Waals surface area contributed by atoms with Crippen LogP contribution >= 0.6 is 24.0 Å². The standard InChI is InChI=1S/C24H27N7O2.HI/c1-27-24(29-15-18-16-32-21-11-5-6-12-22(21)33-18)28-13-7-10-20-19(14-25)23(26)31(30-20)17-8-3-2-4-9-17;/h2-6,8-9,11-12,18H,7,10,13,15-16,26H2,1H3,(H2,27,28,29);1H. The van der Waals surface area contributed by atoms with E-state index >= 15 is 0 Å². The number of aromatic nitrogens is 2. The summed E-state index contributed by atoms with van der Waals surface area (Å²) in [5.41, 5.74) is 8.12. The molecule has 1 aromatic heterocycles. The Labute approximate surface area is 216 Å². The minimum absolute atomic E-state index is 0. The lowest BCUT2D eigenvalue weighted by molar-refractivity contribution is 0.0936. The maximum absolute atomic E-state index is 9.55. The van der Waals surface area contributed by atoms with Crippen molar-refractivity contribution in [3.05, 3.63) is 65.9 Å². The van der Waals surface area contributed by atoms with Gasteiger partial charge in [-0.15, -0.1) is 24.0 Å². The molecule has 0 fully saturated rings. The molecule has 0 bridgehead atoms. The number of rotatable bonds is 7. The third-order valence-corrected chi connectivity index (χ3v) is 5.28. The number of nitrogens with two attached hydrogens (primary N) is 1. The molecule has 9 nitrogen and oxygen atoms in total. The molecule has 0 saturated heterocycles. The number of hydrogen-bond donors (Lipinski definition) is 3. The van der Waals surface area contributed by atoms with E-state index in [1.165, 1.54) is 0 Å². The normalized spacial score (nSPS) is 14.6. The van der Waals surface area contributed by atoms with Crippen LogP contribution in [-0.2, 0) is 6.42 Å². The van der Waals surface area contributed by atoms with Gasteiger partial charge >= 0.3 is 0 Å². The number of aryl methyl sites for hydroxylation is 1. The van der Waals surface area contributed by atoms with E-state index in [2.05, 4.69) is 26.8 Å². The molecular formula is C24H28IN7O2. The van der Waals surface area contributed by atoms with Gasteiger partial charge in [0.1, 0.15) is 30.2 Å². The zero-order valence-corrected chi connectivity index (χ0v) is 21.2. The van der Waals surface area contributed by atoms with Gasteiger partial charge in [0, 0.05) is 13.6 Å². The zero-order valence-electron chi connectivity index (χ0n) is 18.9. The molecule has 1 atom stereocenters. The number of nitrogens with one attached hydrogen (secondary N) is 2. The number of halogens is 1. The highest BCUT2D eigenvalue weighted by Gasteiger charge is 2.21. The van der Waals surface area contributed by atoms with E-state index in [9.17, 15) is 5.26 Å². The topological polar surface area (TPSA) is 123 Å². The molecule has 1 unspecified atom stereocenters. The van der Waals surface area contributed by atoms with Gasteiger partial charge in [-0.25, -0.2) is 4.68 Å². The smallest absolute Gasteiger partial charge is 0.191 e. The van der Waals surface area contributed by atoms with Crippen molar-refractivity contribution in [2.24, 2.45) is 4.99 Å². The second-order valence-electron chi connectivity index (χ2n) is 7.55. The first-order chi connectivity index (χ1) is 16.2. The maximum atomic E-state index is 9.55. The molecule has 0 amide bonds. The predicted molar refractivity (Wildman–Crippen MR) is 142 cm³/mol. The Bertz CT molecular complexity index is 1160. The molecule has 10 heteroatoms. The van der Waals surface area contributed by atoms with Crippen molar-refractivity contribution in [3.8, 4) is 23.3 Å². The number of para-hydroxylation sites is 3. The molecule has 0 saturated carbocycles. The third-order valence-electron chi connectivity index (χ3n) is 5.28. The van der Waals surface area contributed by atoms with Crippen molar-refractivity contribution < 1.29 is 9.47 Å². The molecule has 3 aromatic rings. The number of fused-ring (bicyclic) bond motifs is 1. The van der Waals surface area contributed by atoms with Crippen LogP contribution in [0.25, 0.3) is 5.69 Å². The van der Waals surface area contributed by atoms with Crippen LogP contribution in [0.4, 0.5) is 5.82 Å². The fraction of sp³-hybridized carbons (Fsp3) is 0.292. The minimum Gasteiger partial charge on any atom is -0.486 e. The van der Waals surface area contributed by atoms with Crippen LogP contribution in [0, 0.1) is 11.3 Å². The lowest BCUT2D eigenvalue weighted by atomic mass is 10.1. The van der Waals surface area contributed by atoms with Gasteiger partial charge < -0.3 is 25.8 Å². The number of nitrogen functional groups attached to an aromatic ring is 1. The summed E-state index contributed by atoms with van der Waals surface area (Å²) in [4.78, 5) is 4.26. The Morgan fingerprint density at radius 1 is 1.18 bits per heavy atom. The molecule has 4 N–H and O–H groups in total. The molecule has 1 aliphatic rings. The first-order valence-electron chi connectivity index (χ1n) is 10.9. The summed E-state index contributed by atoms with van der Waals surface area (Å²) in [5.74, 6) is 2.55. The summed E-state index contributed by atoms with van der Waals surface area (Å²) in [6, 6.07) is 19.4. The molecule has 0 spiro atoms. The van der Waals surface area contributed by atoms with Crippen LogP contribution < -0.4 is 25.8 Å². The Hall–Kier alpha value is -3.46. The number of ether oxygens (including phenoxy) is 2. The van der Waals surface area contributed by atoms with Crippen molar-refractivity contribution in [2.45, 2.75) is 18.9 Å². The lowest BCUT2D eigenvalue weighted by Gasteiger charge is -2.27. The van der Waals surface area contributed by atoms with Gasteiger partial charge in [-0.2, -0.15) is 10.4 Å². The summed E-state index contributed by atoms with van der Waals surface area (Å²) in [6.45, 7) is 1.70. The van der Waals surface area contributed by atoms with Gasteiger partial charge in [-0.1, -0.05) is 30.3 Å². The fourth-order valence-corrected chi connectivity index (χ4v) is 3.60. The number of anilines is 1. The molecule has 2 aromatic carbocycles. The number of aliphatic imine (C=N–C) groups is 1. The summed E-state index contributed by atoms with van der Waals surface area (Å²) in [7, 11) is 1.72. The monoisotopic (exact) mass is 573 g/mol. The molecule has 2 heterocycles. The van der Waals surface area contributed by atoms with Crippen LogP contribution in [0.15, 0.2) is 59.6 Å². The van der Waals surface area contributed by atoms with Crippen LogP contribution in [0.1, 0.15) is 17.7 Å². The highest BCUT2D eigenvalue weighted by atomic mass is 127. The summed E-state index contributed by atoms with van der Waals surface area (Å²) in [5, 5.41) is 20.7. The van der Waals surface area contributed by atoms with Crippen molar-refractivity contribution in [3.63, 3.8) is 0 Å². The van der Waals surface area contributed by atoms with E-state index in [1.54, 1.807) is 11.7 Å². The van der Waals surface area contributed by atoms with Crippen LogP contribution in [0.5, 0.6) is 11.5 Å². The van der Waals surface area contributed by atoms with Crippen molar-refractivity contribution in [1.82, 2.24) is 20.4 Å². The predicted octanol–water partition coefficient (Wildman–Crippen LogP) is 2.88. The van der Waals surface area contributed by atoms with Crippen LogP contribution in [-0.4, -0.2) is 48.6 Å². The van der Waals surface area contributed by atoms with Crippen LogP contribution in [0.3, 0.4) is 0 Å². The fourth-order valence-electron chi connectivity index (χ4n) is 3.60. The van der Waals surface area contributed by atoms with Crippen molar-refractivity contribution in [1.29, 1.82) is 5.26 Å². The SMILES string of the molecule is CN=C(NCCCc1nn(-c2ccccc2)c(N)c1C#N)NCC1COc2ccccc2O1.I. The lowest BCUT2D eigenvalue weighted by Crippen LogP contribution is -2.45. The molecule has 34 heavy (non-hydrogen) atoms. The Balaban J connectivity index is 0.00000324. The van der Waals surface area contributed by atoms with E-state index in [-0.39, 0.29) is 30.1 Å². The van der Waals surface area contributed by atoms with Crippen LogP contribution in [0.2, 0.25) is 0 Å². The first kappa shape index (κ1) is 25.2. The average molecular weight is 573 g/mol. The first-order valence-corrected chi connectivity index (χ1v) is 10.9. The van der Waals surface area contributed by atoms with Gasteiger partial charge in [-0.05, 0) is 37.1 Å². The molecule has 178 valence electrons. The van der Waals surface area contributed by atoms with E-state index in [0.29, 0.717) is 49.2 Å². The highest BCUT2D eigenvalue weighted by Crippen LogP contribution is 2.30. The largest absolute Gasteiger partial charge is 0.486 e. The molecular weight excluding hydrogens is 545 g/mol. The average Bonchev–Trinajstić information content (AvgIpc) is 3.19. The maximum Gasteiger partial charge on any atom is 0.191 e. The molecule has 0 aliphatic carbocycles. The Morgan fingerprint density at radius 3 is 2.65 bits per heavy atom. The summed E-state index contributed by atoms with van der Waals surface area (Å²) >= 11 is 0. The van der Waals surface area contributed by atoms with Gasteiger partial charge in [0.05, 0.1) is 17.9 Å². The third kappa shape index (κ3) is 5.91. The van der Waals surface area contributed by atoms with Crippen molar-refractivity contribution >= 4 is 35.8 Å². The number of benzene rings is 2. The van der Waals surface area contributed by atoms with E-state index in [4.69, 9.17) is 15.2 Å².